The molecule has 1 aliphatic rings. The number of thiophene rings is 1. The molecule has 0 aromatic carbocycles. The third-order valence-electron chi connectivity index (χ3n) is 4.68. The molecule has 4 rings (SSSR count). The fourth-order valence-electron chi connectivity index (χ4n) is 3.43. The molecule has 4 nitrogen and oxygen atoms in total. The zero-order chi connectivity index (χ0) is 16.5. The number of fused-ring (bicyclic) bond motifs is 1. The fourth-order valence-corrected chi connectivity index (χ4v) is 4.27. The highest BCUT2D eigenvalue weighted by molar-refractivity contribution is 7.09. The summed E-state index contributed by atoms with van der Waals surface area (Å²) in [6, 6.07) is 8.15. The Morgan fingerprint density at radius 2 is 2.21 bits per heavy atom. The van der Waals surface area contributed by atoms with Crippen molar-refractivity contribution in [3.05, 3.63) is 45.4 Å². The van der Waals surface area contributed by atoms with E-state index in [1.807, 2.05) is 18.2 Å². The van der Waals surface area contributed by atoms with E-state index in [9.17, 15) is 0 Å². The summed E-state index contributed by atoms with van der Waals surface area (Å²) in [6.45, 7) is 0.742. The fraction of sp³-hybridized carbons (Fsp3) is 0.389. The Hall–Kier alpha value is -1.56. The van der Waals surface area contributed by atoms with Crippen LogP contribution in [0.1, 0.15) is 42.2 Å². The van der Waals surface area contributed by atoms with E-state index in [1.54, 1.807) is 11.3 Å². The molecule has 6 heteroatoms. The van der Waals surface area contributed by atoms with Gasteiger partial charge in [-0.3, -0.25) is 0 Å². The molecule has 126 valence electrons. The minimum atomic E-state index is 0.164. The summed E-state index contributed by atoms with van der Waals surface area (Å²) in [5.74, 6) is 1.21. The minimum absolute atomic E-state index is 0.164. The molecule has 0 saturated heterocycles. The molecule has 0 aliphatic heterocycles. The first-order valence-electron chi connectivity index (χ1n) is 8.32. The van der Waals surface area contributed by atoms with Crippen LogP contribution in [-0.4, -0.2) is 11.0 Å². The molecular weight excluding hydrogens is 342 g/mol. The van der Waals surface area contributed by atoms with Crippen molar-refractivity contribution in [2.75, 3.05) is 5.32 Å². The van der Waals surface area contributed by atoms with E-state index in [-0.39, 0.29) is 12.0 Å². The molecular formula is C18H20ClN3OS. The van der Waals surface area contributed by atoms with E-state index < -0.39 is 0 Å². The van der Waals surface area contributed by atoms with E-state index in [1.165, 1.54) is 17.7 Å². The summed E-state index contributed by atoms with van der Waals surface area (Å²) in [5.41, 5.74) is 8.75. The van der Waals surface area contributed by atoms with Gasteiger partial charge in [0, 0.05) is 35.5 Å². The Balaban J connectivity index is 1.66. The van der Waals surface area contributed by atoms with Crippen molar-refractivity contribution in [3.63, 3.8) is 0 Å². The minimum Gasteiger partial charge on any atom is -0.457 e. The second kappa shape index (κ2) is 6.75. The van der Waals surface area contributed by atoms with Crippen molar-refractivity contribution in [3.8, 4) is 0 Å². The van der Waals surface area contributed by atoms with Gasteiger partial charge >= 0.3 is 0 Å². The van der Waals surface area contributed by atoms with E-state index in [0.29, 0.717) is 5.15 Å². The van der Waals surface area contributed by atoms with Gasteiger partial charge in [0.25, 0.3) is 0 Å². The Morgan fingerprint density at radius 3 is 3.00 bits per heavy atom. The summed E-state index contributed by atoms with van der Waals surface area (Å²) < 4.78 is 6.17. The maximum absolute atomic E-state index is 6.30. The van der Waals surface area contributed by atoms with Gasteiger partial charge in [-0.2, -0.15) is 0 Å². The van der Waals surface area contributed by atoms with Crippen LogP contribution in [0.4, 0.5) is 5.69 Å². The van der Waals surface area contributed by atoms with Crippen LogP contribution in [0.2, 0.25) is 5.15 Å². The number of aromatic nitrogens is 1. The van der Waals surface area contributed by atoms with Crippen LogP contribution in [-0.2, 0) is 6.54 Å². The maximum atomic E-state index is 6.30. The van der Waals surface area contributed by atoms with Gasteiger partial charge in [-0.1, -0.05) is 30.5 Å². The molecule has 3 aromatic rings. The second-order valence-corrected chi connectivity index (χ2v) is 7.76. The van der Waals surface area contributed by atoms with Gasteiger partial charge in [0.2, 0.25) is 0 Å². The summed E-state index contributed by atoms with van der Waals surface area (Å²) in [5, 5.41) is 5.96. The number of nitrogens with zero attached hydrogens (tertiary/aromatic N) is 1. The number of hydrogen-bond acceptors (Lipinski definition) is 5. The van der Waals surface area contributed by atoms with Crippen molar-refractivity contribution in [2.45, 2.75) is 44.2 Å². The number of nitrogens with one attached hydrogen (secondary N) is 1. The van der Waals surface area contributed by atoms with E-state index >= 15 is 0 Å². The molecule has 1 saturated carbocycles. The highest BCUT2D eigenvalue weighted by Gasteiger charge is 2.27. The van der Waals surface area contributed by atoms with Crippen molar-refractivity contribution in [1.82, 2.24) is 4.98 Å². The number of anilines is 1. The number of pyridine rings is 1. The van der Waals surface area contributed by atoms with E-state index in [2.05, 4.69) is 21.7 Å². The Kier molecular flexibility index (Phi) is 4.48. The van der Waals surface area contributed by atoms with E-state index in [0.717, 1.165) is 41.9 Å². The molecule has 0 radical (unpaired) electrons. The first kappa shape index (κ1) is 15.9. The number of furan rings is 1. The normalized spacial score (nSPS) is 21.2. The summed E-state index contributed by atoms with van der Waals surface area (Å²) >= 11 is 7.92. The van der Waals surface area contributed by atoms with Crippen LogP contribution in [0.15, 0.2) is 34.1 Å². The second-order valence-electron chi connectivity index (χ2n) is 6.34. The highest BCUT2D eigenvalue weighted by atomic mass is 35.5. The number of halogens is 1. The predicted octanol–water partition coefficient (Wildman–Crippen LogP) is 5.14. The Labute approximate surface area is 150 Å². The van der Waals surface area contributed by atoms with Crippen LogP contribution in [0.5, 0.6) is 0 Å². The Bertz CT molecular complexity index is 830. The van der Waals surface area contributed by atoms with Gasteiger partial charge < -0.3 is 15.5 Å². The van der Waals surface area contributed by atoms with Crippen LogP contribution in [0.25, 0.3) is 11.1 Å². The van der Waals surface area contributed by atoms with Crippen LogP contribution >= 0.6 is 22.9 Å². The maximum Gasteiger partial charge on any atom is 0.175 e. The standard InChI is InChI=1S/C18H20ClN3OS/c19-17-9-14(21-10-11-4-3-7-24-11)18-15(22-17)8-16(23-18)12-5-1-2-6-13(12)20/h3-4,7-9,12-13H,1-2,5-6,10,20H2,(H,21,22)/t12-,13+/m1/s1. The van der Waals surface area contributed by atoms with Crippen molar-refractivity contribution < 1.29 is 4.42 Å². The van der Waals surface area contributed by atoms with Gasteiger partial charge in [-0.05, 0) is 24.3 Å². The average molecular weight is 362 g/mol. The number of nitrogens with two attached hydrogens (primary N) is 1. The van der Waals surface area contributed by atoms with Gasteiger partial charge in [-0.25, -0.2) is 4.98 Å². The SMILES string of the molecule is N[C@H]1CCCC[C@H]1c1cc2nc(Cl)cc(NCc3cccs3)c2o1. The number of rotatable bonds is 4. The van der Waals surface area contributed by atoms with Crippen LogP contribution in [0.3, 0.4) is 0 Å². The first-order valence-corrected chi connectivity index (χ1v) is 9.58. The van der Waals surface area contributed by atoms with Gasteiger partial charge in [0.1, 0.15) is 16.4 Å². The smallest absolute Gasteiger partial charge is 0.175 e. The quantitative estimate of drug-likeness (QED) is 0.631. The third kappa shape index (κ3) is 3.16. The lowest BCUT2D eigenvalue weighted by Gasteiger charge is -2.26. The molecule has 0 bridgehead atoms. The molecule has 0 spiro atoms. The van der Waals surface area contributed by atoms with Crippen LogP contribution < -0.4 is 11.1 Å². The van der Waals surface area contributed by atoms with Crippen LogP contribution in [0, 0.1) is 0 Å². The highest BCUT2D eigenvalue weighted by Crippen LogP contribution is 2.37. The largest absolute Gasteiger partial charge is 0.457 e. The summed E-state index contributed by atoms with van der Waals surface area (Å²) in [6.07, 6.45) is 4.54. The zero-order valence-electron chi connectivity index (χ0n) is 13.3. The van der Waals surface area contributed by atoms with Gasteiger partial charge in [0.05, 0.1) is 5.69 Å². The lowest BCUT2D eigenvalue weighted by atomic mass is 9.83. The molecule has 0 amide bonds. The van der Waals surface area contributed by atoms with Gasteiger partial charge in [0.15, 0.2) is 5.58 Å². The molecule has 3 N–H and O–H groups in total. The third-order valence-corrected chi connectivity index (χ3v) is 5.75. The number of hydrogen-bond donors (Lipinski definition) is 2. The monoisotopic (exact) mass is 361 g/mol. The van der Waals surface area contributed by atoms with Crippen molar-refractivity contribution >= 4 is 39.7 Å². The van der Waals surface area contributed by atoms with Crippen molar-refractivity contribution in [1.29, 1.82) is 0 Å². The molecule has 1 aliphatic carbocycles. The molecule has 3 aromatic heterocycles. The molecule has 2 atom stereocenters. The lowest BCUT2D eigenvalue weighted by molar-refractivity contribution is 0.342. The first-order chi connectivity index (χ1) is 11.7. The average Bonchev–Trinajstić information content (AvgIpc) is 3.22. The topological polar surface area (TPSA) is 64.1 Å². The zero-order valence-corrected chi connectivity index (χ0v) is 14.9. The Morgan fingerprint density at radius 1 is 1.33 bits per heavy atom. The molecule has 24 heavy (non-hydrogen) atoms. The molecule has 0 unspecified atom stereocenters. The lowest BCUT2D eigenvalue weighted by Crippen LogP contribution is -2.31. The molecule has 3 heterocycles. The van der Waals surface area contributed by atoms with E-state index in [4.69, 9.17) is 21.8 Å². The predicted molar refractivity (Wildman–Crippen MR) is 99.8 cm³/mol. The summed E-state index contributed by atoms with van der Waals surface area (Å²) in [4.78, 5) is 5.68. The van der Waals surface area contributed by atoms with Gasteiger partial charge in [-0.15, -0.1) is 11.3 Å². The molecule has 1 fully saturated rings. The summed E-state index contributed by atoms with van der Waals surface area (Å²) in [7, 11) is 0. The van der Waals surface area contributed by atoms with Crippen molar-refractivity contribution in [2.24, 2.45) is 5.73 Å².